The second kappa shape index (κ2) is 6.48. The van der Waals surface area contributed by atoms with Crippen LogP contribution in [0.1, 0.15) is 17.4 Å². The number of benzene rings is 2. The van der Waals surface area contributed by atoms with Crippen LogP contribution in [0, 0.1) is 0 Å². The number of pyridine rings is 1. The number of carbonyl (C=O) groups is 1. The molecule has 0 atom stereocenters. The van der Waals surface area contributed by atoms with E-state index in [0.29, 0.717) is 17.9 Å². The molecule has 0 spiro atoms. The van der Waals surface area contributed by atoms with Crippen molar-refractivity contribution in [1.29, 1.82) is 0 Å². The Morgan fingerprint density at radius 2 is 1.87 bits per heavy atom. The summed E-state index contributed by atoms with van der Waals surface area (Å²) in [5.41, 5.74) is 2.87. The number of carbonyl (C=O) groups excluding carboxylic acids is 1. The average molecular weight is 307 g/mol. The van der Waals surface area contributed by atoms with Crippen molar-refractivity contribution in [3.05, 3.63) is 60.3 Å². The number of para-hydroxylation sites is 1. The fourth-order valence-electron chi connectivity index (χ4n) is 2.55. The molecule has 0 bridgehead atoms. The van der Waals surface area contributed by atoms with Gasteiger partial charge in [0.05, 0.1) is 13.7 Å². The van der Waals surface area contributed by atoms with Crippen LogP contribution in [-0.2, 0) is 4.74 Å². The monoisotopic (exact) mass is 307 g/mol. The standard InChI is InChI=1S/C19H17NO3/c1-3-23-19(21)16-12-15(13-8-5-4-6-9-13)14-10-7-11-17(22-2)18(14)20-16/h4-12H,3H2,1-2H3. The van der Waals surface area contributed by atoms with E-state index in [-0.39, 0.29) is 5.69 Å². The highest BCUT2D eigenvalue weighted by atomic mass is 16.5. The summed E-state index contributed by atoms with van der Waals surface area (Å²) in [5.74, 6) is 0.198. The molecule has 23 heavy (non-hydrogen) atoms. The number of aromatic nitrogens is 1. The van der Waals surface area contributed by atoms with Crippen LogP contribution in [0.25, 0.3) is 22.0 Å². The lowest BCUT2D eigenvalue weighted by molar-refractivity contribution is 0.0520. The van der Waals surface area contributed by atoms with E-state index >= 15 is 0 Å². The Bertz CT molecular complexity index is 844. The van der Waals surface area contributed by atoms with Gasteiger partial charge in [-0.05, 0) is 30.2 Å². The molecule has 1 aromatic heterocycles. The van der Waals surface area contributed by atoms with Crippen LogP contribution in [0.4, 0.5) is 0 Å². The van der Waals surface area contributed by atoms with Crippen molar-refractivity contribution in [1.82, 2.24) is 4.98 Å². The lowest BCUT2D eigenvalue weighted by Crippen LogP contribution is -2.08. The predicted octanol–water partition coefficient (Wildman–Crippen LogP) is 4.09. The fraction of sp³-hybridized carbons (Fsp3) is 0.158. The summed E-state index contributed by atoms with van der Waals surface area (Å²) in [6.45, 7) is 2.09. The molecule has 0 saturated heterocycles. The molecule has 0 N–H and O–H groups in total. The highest BCUT2D eigenvalue weighted by Gasteiger charge is 2.16. The topological polar surface area (TPSA) is 48.4 Å². The van der Waals surface area contributed by atoms with Crippen LogP contribution in [0.15, 0.2) is 54.6 Å². The van der Waals surface area contributed by atoms with Gasteiger partial charge in [0.1, 0.15) is 17.0 Å². The minimum atomic E-state index is -0.433. The number of hydrogen-bond donors (Lipinski definition) is 0. The van der Waals surface area contributed by atoms with Gasteiger partial charge in [-0.1, -0.05) is 42.5 Å². The van der Waals surface area contributed by atoms with Crippen molar-refractivity contribution in [2.45, 2.75) is 6.92 Å². The first-order chi connectivity index (χ1) is 11.2. The number of rotatable bonds is 4. The molecule has 0 unspecified atom stereocenters. The van der Waals surface area contributed by atoms with Crippen LogP contribution < -0.4 is 4.74 Å². The van der Waals surface area contributed by atoms with Gasteiger partial charge in [0, 0.05) is 5.39 Å². The van der Waals surface area contributed by atoms with Gasteiger partial charge < -0.3 is 9.47 Å². The van der Waals surface area contributed by atoms with Crippen molar-refractivity contribution in [3.8, 4) is 16.9 Å². The van der Waals surface area contributed by atoms with Gasteiger partial charge in [-0.3, -0.25) is 0 Å². The van der Waals surface area contributed by atoms with E-state index in [9.17, 15) is 4.79 Å². The molecule has 0 aliphatic carbocycles. The number of esters is 1. The smallest absolute Gasteiger partial charge is 0.356 e. The summed E-state index contributed by atoms with van der Waals surface area (Å²) in [5, 5.41) is 0.934. The Kier molecular flexibility index (Phi) is 4.24. The van der Waals surface area contributed by atoms with E-state index in [1.54, 1.807) is 20.1 Å². The summed E-state index contributed by atoms with van der Waals surface area (Å²) in [7, 11) is 1.59. The second-order valence-corrected chi connectivity index (χ2v) is 5.00. The number of nitrogens with zero attached hydrogens (tertiary/aromatic N) is 1. The summed E-state index contributed by atoms with van der Waals surface area (Å²) in [6.07, 6.45) is 0. The van der Waals surface area contributed by atoms with Gasteiger partial charge in [-0.15, -0.1) is 0 Å². The molecule has 3 rings (SSSR count). The molecule has 4 nitrogen and oxygen atoms in total. The Hall–Kier alpha value is -2.88. The lowest BCUT2D eigenvalue weighted by Gasteiger charge is -2.12. The predicted molar refractivity (Wildman–Crippen MR) is 89.7 cm³/mol. The van der Waals surface area contributed by atoms with E-state index in [2.05, 4.69) is 4.98 Å². The Morgan fingerprint density at radius 3 is 2.57 bits per heavy atom. The molecule has 0 radical (unpaired) electrons. The molecular formula is C19H17NO3. The number of hydrogen-bond acceptors (Lipinski definition) is 4. The minimum Gasteiger partial charge on any atom is -0.494 e. The Labute approximate surface area is 134 Å². The molecule has 116 valence electrons. The number of methoxy groups -OCH3 is 1. The van der Waals surface area contributed by atoms with Gasteiger partial charge in [0.2, 0.25) is 0 Å². The highest BCUT2D eigenvalue weighted by Crippen LogP contribution is 2.33. The highest BCUT2D eigenvalue weighted by molar-refractivity contribution is 6.01. The van der Waals surface area contributed by atoms with Crippen molar-refractivity contribution >= 4 is 16.9 Å². The average Bonchev–Trinajstić information content (AvgIpc) is 2.61. The zero-order valence-corrected chi connectivity index (χ0v) is 13.1. The van der Waals surface area contributed by atoms with Crippen LogP contribution in [0.3, 0.4) is 0 Å². The van der Waals surface area contributed by atoms with Gasteiger partial charge in [0.15, 0.2) is 0 Å². The number of fused-ring (bicyclic) bond motifs is 1. The third kappa shape index (κ3) is 2.88. The molecule has 0 aliphatic rings. The molecule has 4 heteroatoms. The van der Waals surface area contributed by atoms with Crippen LogP contribution >= 0.6 is 0 Å². The maximum Gasteiger partial charge on any atom is 0.356 e. The van der Waals surface area contributed by atoms with Crippen LogP contribution in [-0.4, -0.2) is 24.7 Å². The van der Waals surface area contributed by atoms with Crippen molar-refractivity contribution in [2.75, 3.05) is 13.7 Å². The molecule has 3 aromatic rings. The fourth-order valence-corrected chi connectivity index (χ4v) is 2.55. The van der Waals surface area contributed by atoms with Gasteiger partial charge in [-0.25, -0.2) is 9.78 Å². The van der Waals surface area contributed by atoms with Crippen molar-refractivity contribution < 1.29 is 14.3 Å². The number of ether oxygens (including phenoxy) is 2. The van der Waals surface area contributed by atoms with E-state index in [1.807, 2.05) is 48.5 Å². The first-order valence-electron chi connectivity index (χ1n) is 7.45. The quantitative estimate of drug-likeness (QED) is 0.681. The first-order valence-corrected chi connectivity index (χ1v) is 7.45. The second-order valence-electron chi connectivity index (χ2n) is 5.00. The van der Waals surface area contributed by atoms with Crippen LogP contribution in [0.5, 0.6) is 5.75 Å². The van der Waals surface area contributed by atoms with Crippen LogP contribution in [0.2, 0.25) is 0 Å². The van der Waals surface area contributed by atoms with E-state index in [1.165, 1.54) is 0 Å². The van der Waals surface area contributed by atoms with Gasteiger partial charge in [-0.2, -0.15) is 0 Å². The van der Waals surface area contributed by atoms with Crippen molar-refractivity contribution in [3.63, 3.8) is 0 Å². The molecule has 0 saturated carbocycles. The first kappa shape index (κ1) is 15.0. The SMILES string of the molecule is CCOC(=O)c1cc(-c2ccccc2)c2cccc(OC)c2n1. The normalized spacial score (nSPS) is 10.5. The molecular weight excluding hydrogens is 290 g/mol. The summed E-state index contributed by atoms with van der Waals surface area (Å²) >= 11 is 0. The summed E-state index contributed by atoms with van der Waals surface area (Å²) in [4.78, 5) is 16.6. The van der Waals surface area contributed by atoms with E-state index in [0.717, 1.165) is 16.5 Å². The Morgan fingerprint density at radius 1 is 1.09 bits per heavy atom. The zero-order valence-electron chi connectivity index (χ0n) is 13.1. The minimum absolute atomic E-state index is 0.280. The van der Waals surface area contributed by atoms with Gasteiger partial charge in [0.25, 0.3) is 0 Å². The molecule has 0 amide bonds. The third-order valence-corrected chi connectivity index (χ3v) is 3.59. The molecule has 0 fully saturated rings. The van der Waals surface area contributed by atoms with Gasteiger partial charge >= 0.3 is 5.97 Å². The summed E-state index contributed by atoms with van der Waals surface area (Å²) in [6, 6.07) is 17.4. The van der Waals surface area contributed by atoms with E-state index < -0.39 is 5.97 Å². The van der Waals surface area contributed by atoms with Crippen molar-refractivity contribution in [2.24, 2.45) is 0 Å². The zero-order chi connectivity index (χ0) is 16.2. The Balaban J connectivity index is 2.30. The maximum absolute atomic E-state index is 12.1. The summed E-state index contributed by atoms with van der Waals surface area (Å²) < 4.78 is 10.5. The molecule has 2 aromatic carbocycles. The third-order valence-electron chi connectivity index (χ3n) is 3.59. The van der Waals surface area contributed by atoms with E-state index in [4.69, 9.17) is 9.47 Å². The molecule has 0 aliphatic heterocycles. The lowest BCUT2D eigenvalue weighted by atomic mass is 10.00. The molecule has 1 heterocycles. The largest absolute Gasteiger partial charge is 0.494 e. The maximum atomic E-state index is 12.1.